The summed E-state index contributed by atoms with van der Waals surface area (Å²) in [5.41, 5.74) is -1.78. The van der Waals surface area contributed by atoms with E-state index in [9.17, 15) is 14.7 Å². The van der Waals surface area contributed by atoms with Crippen molar-refractivity contribution in [3.8, 4) is 0 Å². The Balaban J connectivity index is 2.56. The molecule has 0 bridgehead atoms. The molecule has 1 saturated heterocycles. The van der Waals surface area contributed by atoms with Crippen molar-refractivity contribution in [1.29, 1.82) is 0 Å². The largest absolute Gasteiger partial charge is 0.390 e. The second-order valence-electron chi connectivity index (χ2n) is 4.00. The van der Waals surface area contributed by atoms with Gasteiger partial charge in [0.15, 0.2) is 0 Å². The molecule has 1 aliphatic heterocycles. The lowest BCUT2D eigenvalue weighted by Gasteiger charge is -2.30. The molecule has 0 saturated carbocycles. The molecule has 1 aromatic rings. The van der Waals surface area contributed by atoms with E-state index in [1.165, 1.54) is 6.20 Å². The molecule has 0 aromatic carbocycles. The number of hydrogen-bond acceptors (Lipinski definition) is 4. The van der Waals surface area contributed by atoms with Gasteiger partial charge in [-0.05, 0) is 19.8 Å². The molecule has 6 nitrogen and oxygen atoms in total. The first kappa shape index (κ1) is 11.1. The van der Waals surface area contributed by atoms with Gasteiger partial charge in [-0.15, -0.1) is 0 Å². The molecule has 0 radical (unpaired) electrons. The number of hydrogen-bond donors (Lipinski definition) is 3. The molecule has 2 heterocycles. The van der Waals surface area contributed by atoms with Crippen LogP contribution in [-0.2, 0) is 10.3 Å². The van der Waals surface area contributed by atoms with Gasteiger partial charge in [-0.2, -0.15) is 0 Å². The van der Waals surface area contributed by atoms with Crippen molar-refractivity contribution in [3.05, 3.63) is 32.6 Å². The van der Waals surface area contributed by atoms with Gasteiger partial charge in [-0.25, -0.2) is 4.79 Å². The monoisotopic (exact) mass is 226 g/mol. The Kier molecular flexibility index (Phi) is 2.69. The minimum Gasteiger partial charge on any atom is -0.390 e. The van der Waals surface area contributed by atoms with Crippen LogP contribution in [0.15, 0.2) is 15.8 Å². The zero-order valence-corrected chi connectivity index (χ0v) is 8.95. The maximum Gasteiger partial charge on any atom is 0.325 e. The minimum atomic E-state index is -0.988. The summed E-state index contributed by atoms with van der Waals surface area (Å²) in [4.78, 5) is 27.1. The molecular weight excluding hydrogens is 212 g/mol. The molecule has 0 amide bonds. The van der Waals surface area contributed by atoms with Crippen molar-refractivity contribution in [2.75, 3.05) is 6.61 Å². The summed E-state index contributed by atoms with van der Waals surface area (Å²) in [6.45, 7) is 2.08. The van der Waals surface area contributed by atoms with Gasteiger partial charge in [0.2, 0.25) is 0 Å². The summed E-state index contributed by atoms with van der Waals surface area (Å²) in [5, 5.41) is 9.78. The van der Waals surface area contributed by atoms with Crippen molar-refractivity contribution in [3.63, 3.8) is 0 Å². The highest BCUT2D eigenvalue weighted by Crippen LogP contribution is 2.36. The van der Waals surface area contributed by atoms with Crippen LogP contribution in [0.4, 0.5) is 0 Å². The van der Waals surface area contributed by atoms with Crippen LogP contribution < -0.4 is 11.2 Å². The molecule has 2 unspecified atom stereocenters. The van der Waals surface area contributed by atoms with Crippen LogP contribution in [0.3, 0.4) is 0 Å². The van der Waals surface area contributed by atoms with E-state index in [0.717, 1.165) is 6.42 Å². The van der Waals surface area contributed by atoms with Gasteiger partial charge >= 0.3 is 5.69 Å². The Labute approximate surface area is 91.3 Å². The number of ether oxygens (including phenoxy) is 1. The highest BCUT2D eigenvalue weighted by atomic mass is 16.5. The topological polar surface area (TPSA) is 95.2 Å². The van der Waals surface area contributed by atoms with Crippen molar-refractivity contribution in [1.82, 2.24) is 9.97 Å². The molecule has 2 atom stereocenters. The quantitative estimate of drug-likeness (QED) is 0.630. The van der Waals surface area contributed by atoms with Crippen molar-refractivity contribution < 1.29 is 9.84 Å². The van der Waals surface area contributed by atoms with E-state index in [1.54, 1.807) is 6.92 Å². The second kappa shape index (κ2) is 3.88. The molecule has 2 rings (SSSR count). The fourth-order valence-corrected chi connectivity index (χ4v) is 2.15. The van der Waals surface area contributed by atoms with Crippen molar-refractivity contribution >= 4 is 0 Å². The fourth-order valence-electron chi connectivity index (χ4n) is 2.15. The zero-order valence-electron chi connectivity index (χ0n) is 8.95. The summed E-state index contributed by atoms with van der Waals surface area (Å²) in [5.74, 6) is 0. The predicted octanol–water partition coefficient (Wildman–Crippen LogP) is -0.550. The lowest BCUT2D eigenvalue weighted by atomic mass is 9.88. The Morgan fingerprint density at radius 2 is 2.31 bits per heavy atom. The third kappa shape index (κ3) is 1.60. The van der Waals surface area contributed by atoms with E-state index in [1.807, 2.05) is 0 Å². The van der Waals surface area contributed by atoms with Crippen molar-refractivity contribution in [2.45, 2.75) is 31.5 Å². The van der Waals surface area contributed by atoms with Crippen LogP contribution in [0.25, 0.3) is 0 Å². The number of aliphatic hydroxyl groups excluding tert-OH is 1. The Hall–Kier alpha value is -1.40. The smallest absolute Gasteiger partial charge is 0.325 e. The Bertz CT molecular complexity index is 482. The molecule has 3 N–H and O–H groups in total. The van der Waals surface area contributed by atoms with E-state index in [2.05, 4.69) is 9.97 Å². The third-order valence-electron chi connectivity index (χ3n) is 3.00. The predicted molar refractivity (Wildman–Crippen MR) is 56.2 cm³/mol. The summed E-state index contributed by atoms with van der Waals surface area (Å²) < 4.78 is 5.52. The van der Waals surface area contributed by atoms with Crippen LogP contribution in [-0.4, -0.2) is 27.8 Å². The number of aromatic amines is 2. The van der Waals surface area contributed by atoms with Gasteiger partial charge in [0.05, 0.1) is 11.7 Å². The molecule has 0 aliphatic carbocycles. The molecule has 6 heteroatoms. The number of nitrogens with one attached hydrogen (secondary N) is 2. The van der Waals surface area contributed by atoms with E-state index >= 15 is 0 Å². The molecule has 1 aromatic heterocycles. The second-order valence-corrected chi connectivity index (χ2v) is 4.00. The SMILES string of the molecule is CC(O)C1(c2c[nH]c(=O)[nH]c2=O)CCCO1. The first-order valence-corrected chi connectivity index (χ1v) is 5.21. The van der Waals surface area contributed by atoms with E-state index in [-0.39, 0.29) is 5.56 Å². The Morgan fingerprint density at radius 1 is 1.56 bits per heavy atom. The van der Waals surface area contributed by atoms with E-state index in [0.29, 0.717) is 13.0 Å². The van der Waals surface area contributed by atoms with Gasteiger partial charge in [0.25, 0.3) is 5.56 Å². The maximum atomic E-state index is 11.7. The summed E-state index contributed by atoms with van der Waals surface area (Å²) in [7, 11) is 0. The lowest BCUT2D eigenvalue weighted by Crippen LogP contribution is -2.43. The van der Waals surface area contributed by atoms with Crippen LogP contribution in [0, 0.1) is 0 Å². The average molecular weight is 226 g/mol. The molecule has 1 aliphatic rings. The van der Waals surface area contributed by atoms with Crippen molar-refractivity contribution in [2.24, 2.45) is 0 Å². The van der Waals surface area contributed by atoms with Crippen LogP contribution in [0.5, 0.6) is 0 Å². The summed E-state index contributed by atoms with van der Waals surface area (Å²) in [6, 6.07) is 0. The standard InChI is InChI=1S/C10H14N2O4/c1-6(13)10(3-2-4-16-10)7-5-11-9(15)12-8(7)14/h5-6,13H,2-4H2,1H3,(H2,11,12,14,15). The summed E-state index contributed by atoms with van der Waals surface area (Å²) >= 11 is 0. The summed E-state index contributed by atoms with van der Waals surface area (Å²) in [6.07, 6.45) is 1.87. The van der Waals surface area contributed by atoms with Crippen LogP contribution in [0.1, 0.15) is 25.3 Å². The highest BCUT2D eigenvalue weighted by Gasteiger charge is 2.43. The third-order valence-corrected chi connectivity index (χ3v) is 3.00. The molecule has 88 valence electrons. The molecule has 1 fully saturated rings. The normalized spacial score (nSPS) is 26.9. The Morgan fingerprint density at radius 3 is 2.81 bits per heavy atom. The molecular formula is C10H14N2O4. The first-order valence-electron chi connectivity index (χ1n) is 5.21. The van der Waals surface area contributed by atoms with Gasteiger partial charge in [0.1, 0.15) is 5.60 Å². The van der Waals surface area contributed by atoms with Crippen LogP contribution >= 0.6 is 0 Å². The van der Waals surface area contributed by atoms with Gasteiger partial charge in [-0.1, -0.05) is 0 Å². The zero-order chi connectivity index (χ0) is 11.8. The van der Waals surface area contributed by atoms with Crippen LogP contribution in [0.2, 0.25) is 0 Å². The first-order chi connectivity index (χ1) is 7.56. The van der Waals surface area contributed by atoms with Gasteiger partial charge in [-0.3, -0.25) is 9.78 Å². The fraction of sp³-hybridized carbons (Fsp3) is 0.600. The number of rotatable bonds is 2. The average Bonchev–Trinajstić information content (AvgIpc) is 2.67. The van der Waals surface area contributed by atoms with Gasteiger partial charge < -0.3 is 14.8 Å². The molecule has 0 spiro atoms. The number of H-pyrrole nitrogens is 2. The number of aliphatic hydroxyl groups is 1. The van der Waals surface area contributed by atoms with E-state index in [4.69, 9.17) is 4.74 Å². The minimum absolute atomic E-state index is 0.277. The van der Waals surface area contributed by atoms with Gasteiger partial charge in [0, 0.05) is 12.8 Å². The number of aromatic nitrogens is 2. The lowest BCUT2D eigenvalue weighted by molar-refractivity contribution is -0.0890. The maximum absolute atomic E-state index is 11.7. The van der Waals surface area contributed by atoms with E-state index < -0.39 is 23.0 Å². The highest BCUT2D eigenvalue weighted by molar-refractivity contribution is 5.18. The molecule has 16 heavy (non-hydrogen) atoms.